The fourth-order valence-electron chi connectivity index (χ4n) is 2.30. The first-order valence-corrected chi connectivity index (χ1v) is 7.79. The van der Waals surface area contributed by atoms with Gasteiger partial charge in [-0.25, -0.2) is 9.07 Å². The van der Waals surface area contributed by atoms with Crippen molar-refractivity contribution in [1.82, 2.24) is 15.0 Å². The Balaban J connectivity index is 1.62. The molecule has 3 aromatic rings. The molecule has 6 heteroatoms. The van der Waals surface area contributed by atoms with Crippen LogP contribution in [0.3, 0.4) is 0 Å². The second kappa shape index (κ2) is 7.53. The molecule has 2 aromatic carbocycles. The molecule has 0 radical (unpaired) electrons. The average Bonchev–Trinajstić information content (AvgIpc) is 3.05. The van der Waals surface area contributed by atoms with E-state index in [0.717, 1.165) is 11.1 Å². The van der Waals surface area contributed by atoms with Crippen molar-refractivity contribution in [2.45, 2.75) is 13.5 Å². The van der Waals surface area contributed by atoms with E-state index in [-0.39, 0.29) is 5.91 Å². The zero-order valence-electron chi connectivity index (χ0n) is 13.7. The van der Waals surface area contributed by atoms with Crippen LogP contribution >= 0.6 is 0 Å². The number of carbonyl (C=O) groups is 1. The first-order chi connectivity index (χ1) is 12.1. The highest BCUT2D eigenvalue weighted by atomic mass is 19.1. The van der Waals surface area contributed by atoms with E-state index < -0.39 is 5.82 Å². The molecule has 0 aliphatic carbocycles. The number of hydrogen-bond acceptors (Lipinski definition) is 3. The molecule has 0 unspecified atom stereocenters. The quantitative estimate of drug-likeness (QED) is 0.726. The molecule has 0 aliphatic heterocycles. The number of nitrogens with one attached hydrogen (secondary N) is 1. The number of aryl methyl sites for hydroxylation is 1. The molecule has 0 aliphatic rings. The van der Waals surface area contributed by atoms with Gasteiger partial charge in [0.2, 0.25) is 5.91 Å². The minimum Gasteiger partial charge on any atom is -0.322 e. The Morgan fingerprint density at radius 2 is 2.04 bits per heavy atom. The summed E-state index contributed by atoms with van der Waals surface area (Å²) in [7, 11) is 0. The maximum absolute atomic E-state index is 13.2. The maximum atomic E-state index is 13.2. The maximum Gasteiger partial charge on any atom is 0.248 e. The summed E-state index contributed by atoms with van der Waals surface area (Å²) in [5, 5.41) is 10.7. The topological polar surface area (TPSA) is 59.8 Å². The predicted octanol–water partition coefficient (Wildman–Crippen LogP) is 3.43. The number of benzene rings is 2. The highest BCUT2D eigenvalue weighted by Crippen LogP contribution is 2.16. The molecule has 0 bridgehead atoms. The van der Waals surface area contributed by atoms with Crippen LogP contribution in [0.4, 0.5) is 10.1 Å². The van der Waals surface area contributed by atoms with Crippen LogP contribution in [-0.4, -0.2) is 20.9 Å². The summed E-state index contributed by atoms with van der Waals surface area (Å²) < 4.78 is 14.9. The summed E-state index contributed by atoms with van der Waals surface area (Å²) in [4.78, 5) is 12.0. The van der Waals surface area contributed by atoms with E-state index >= 15 is 0 Å². The van der Waals surface area contributed by atoms with Crippen molar-refractivity contribution in [3.05, 3.63) is 83.4 Å². The van der Waals surface area contributed by atoms with Gasteiger partial charge in [-0.05, 0) is 36.3 Å². The minimum absolute atomic E-state index is 0.355. The first kappa shape index (κ1) is 16.6. The van der Waals surface area contributed by atoms with Gasteiger partial charge in [0.15, 0.2) is 0 Å². The number of carbonyl (C=O) groups excluding carboxylic acids is 1. The number of hydrogen-bond donors (Lipinski definition) is 1. The molecule has 0 atom stereocenters. The number of rotatable bonds is 5. The number of anilines is 1. The van der Waals surface area contributed by atoms with E-state index in [1.54, 1.807) is 29.9 Å². The van der Waals surface area contributed by atoms with Crippen molar-refractivity contribution in [2.75, 3.05) is 5.32 Å². The van der Waals surface area contributed by atoms with Crippen molar-refractivity contribution in [2.24, 2.45) is 0 Å². The number of halogens is 1. The Morgan fingerprint density at radius 1 is 1.24 bits per heavy atom. The molecule has 1 amide bonds. The van der Waals surface area contributed by atoms with E-state index in [1.165, 1.54) is 18.2 Å². The van der Waals surface area contributed by atoms with Crippen LogP contribution in [0.1, 0.15) is 16.8 Å². The Kier molecular flexibility index (Phi) is 4.99. The fourth-order valence-corrected chi connectivity index (χ4v) is 2.30. The largest absolute Gasteiger partial charge is 0.322 e. The summed E-state index contributed by atoms with van der Waals surface area (Å²) in [5.41, 5.74) is 2.92. The normalized spacial score (nSPS) is 11.0. The molecule has 1 N–H and O–H groups in total. The van der Waals surface area contributed by atoms with Crippen LogP contribution in [-0.2, 0) is 11.3 Å². The SMILES string of the molecule is Cc1ccc(F)cc1NC(=O)/C=C/c1cn(Cc2ccccc2)nn1. The Labute approximate surface area is 144 Å². The average molecular weight is 336 g/mol. The lowest BCUT2D eigenvalue weighted by molar-refractivity contribution is -0.111. The fraction of sp³-hybridized carbons (Fsp3) is 0.105. The summed E-state index contributed by atoms with van der Waals surface area (Å²) in [6.07, 6.45) is 4.67. The standard InChI is InChI=1S/C19H17FN4O/c1-14-7-8-16(20)11-18(14)21-19(25)10-9-17-13-24(23-22-17)12-15-5-3-2-4-6-15/h2-11,13H,12H2,1H3,(H,21,25)/b10-9+. The first-order valence-electron chi connectivity index (χ1n) is 7.79. The van der Waals surface area contributed by atoms with E-state index in [2.05, 4.69) is 15.6 Å². The van der Waals surface area contributed by atoms with Crippen LogP contribution in [0, 0.1) is 12.7 Å². The second-order valence-corrected chi connectivity index (χ2v) is 5.61. The number of aromatic nitrogens is 3. The van der Waals surface area contributed by atoms with Crippen molar-refractivity contribution >= 4 is 17.7 Å². The van der Waals surface area contributed by atoms with Gasteiger partial charge >= 0.3 is 0 Å². The highest BCUT2D eigenvalue weighted by molar-refractivity contribution is 6.02. The number of amides is 1. The molecule has 126 valence electrons. The zero-order chi connectivity index (χ0) is 17.6. The van der Waals surface area contributed by atoms with Gasteiger partial charge in [-0.2, -0.15) is 0 Å². The van der Waals surface area contributed by atoms with Crippen molar-refractivity contribution in [3.63, 3.8) is 0 Å². The summed E-state index contributed by atoms with van der Waals surface area (Å²) in [6.45, 7) is 2.41. The van der Waals surface area contributed by atoms with E-state index in [4.69, 9.17) is 0 Å². The Hall–Kier alpha value is -3.28. The van der Waals surface area contributed by atoms with Gasteiger partial charge < -0.3 is 5.32 Å². The molecule has 0 saturated heterocycles. The lowest BCUT2D eigenvalue weighted by Crippen LogP contribution is -2.09. The summed E-state index contributed by atoms with van der Waals surface area (Å²) >= 11 is 0. The summed E-state index contributed by atoms with van der Waals surface area (Å²) in [5.74, 6) is -0.750. The van der Waals surface area contributed by atoms with Crippen LogP contribution in [0.2, 0.25) is 0 Å². The van der Waals surface area contributed by atoms with Crippen molar-refractivity contribution in [1.29, 1.82) is 0 Å². The van der Waals surface area contributed by atoms with E-state index in [1.807, 2.05) is 30.3 Å². The molecule has 5 nitrogen and oxygen atoms in total. The lowest BCUT2D eigenvalue weighted by Gasteiger charge is -2.05. The minimum atomic E-state index is -0.395. The van der Waals surface area contributed by atoms with Crippen LogP contribution in [0.25, 0.3) is 6.08 Å². The highest BCUT2D eigenvalue weighted by Gasteiger charge is 2.04. The van der Waals surface area contributed by atoms with Gasteiger partial charge in [0.05, 0.1) is 12.7 Å². The van der Waals surface area contributed by atoms with Crippen LogP contribution in [0.5, 0.6) is 0 Å². The van der Waals surface area contributed by atoms with Crippen molar-refractivity contribution < 1.29 is 9.18 Å². The molecular formula is C19H17FN4O. The van der Waals surface area contributed by atoms with Gasteiger partial charge in [0.25, 0.3) is 0 Å². The van der Waals surface area contributed by atoms with Gasteiger partial charge in [-0.1, -0.05) is 41.6 Å². The molecular weight excluding hydrogens is 319 g/mol. The smallest absolute Gasteiger partial charge is 0.248 e. The molecule has 3 rings (SSSR count). The molecule has 0 saturated carbocycles. The molecule has 1 aromatic heterocycles. The van der Waals surface area contributed by atoms with Crippen molar-refractivity contribution in [3.8, 4) is 0 Å². The van der Waals surface area contributed by atoms with Crippen LogP contribution in [0.15, 0.2) is 60.8 Å². The van der Waals surface area contributed by atoms with E-state index in [0.29, 0.717) is 17.9 Å². The Bertz CT molecular complexity index is 903. The predicted molar refractivity (Wildman–Crippen MR) is 94.4 cm³/mol. The molecule has 1 heterocycles. The van der Waals surface area contributed by atoms with Gasteiger partial charge in [-0.3, -0.25) is 4.79 Å². The third-order valence-electron chi connectivity index (χ3n) is 3.61. The zero-order valence-corrected chi connectivity index (χ0v) is 13.7. The second-order valence-electron chi connectivity index (χ2n) is 5.61. The molecule has 0 spiro atoms. The van der Waals surface area contributed by atoms with Gasteiger partial charge in [0.1, 0.15) is 11.5 Å². The third kappa shape index (κ3) is 4.60. The summed E-state index contributed by atoms with van der Waals surface area (Å²) in [6, 6.07) is 14.2. The van der Waals surface area contributed by atoms with E-state index in [9.17, 15) is 9.18 Å². The molecule has 0 fully saturated rings. The third-order valence-corrected chi connectivity index (χ3v) is 3.61. The monoisotopic (exact) mass is 336 g/mol. The van der Waals surface area contributed by atoms with Gasteiger partial charge in [0, 0.05) is 11.8 Å². The lowest BCUT2D eigenvalue weighted by atomic mass is 10.2. The molecule has 25 heavy (non-hydrogen) atoms. The Morgan fingerprint density at radius 3 is 2.84 bits per heavy atom. The van der Waals surface area contributed by atoms with Gasteiger partial charge in [-0.15, -0.1) is 5.10 Å². The number of nitrogens with zero attached hydrogens (tertiary/aromatic N) is 3. The van der Waals surface area contributed by atoms with Crippen LogP contribution < -0.4 is 5.32 Å².